The summed E-state index contributed by atoms with van der Waals surface area (Å²) in [6.45, 7) is 10.6. The van der Waals surface area contributed by atoms with E-state index in [9.17, 15) is 4.79 Å². The minimum atomic E-state index is -0.120. The Labute approximate surface area is 73.6 Å². The molecule has 0 radical (unpaired) electrons. The van der Waals surface area contributed by atoms with E-state index in [-0.39, 0.29) is 23.2 Å². The standard InChI is InChI=1S/C10H16O2/c1-5-7-8(10(2,3)4)6-12-9(7)11/h5,7-8H,1,6H2,2-4H3/t7-,8-/m1/s1. The fourth-order valence-corrected chi connectivity index (χ4v) is 1.59. The van der Waals surface area contributed by atoms with E-state index in [1.807, 2.05) is 0 Å². The smallest absolute Gasteiger partial charge is 0.313 e. The van der Waals surface area contributed by atoms with Crippen LogP contribution < -0.4 is 0 Å². The molecule has 68 valence electrons. The third-order valence-corrected chi connectivity index (χ3v) is 2.48. The minimum absolute atomic E-state index is 0.106. The summed E-state index contributed by atoms with van der Waals surface area (Å²) in [7, 11) is 0. The van der Waals surface area contributed by atoms with Crippen LogP contribution in [-0.4, -0.2) is 12.6 Å². The van der Waals surface area contributed by atoms with E-state index in [1.165, 1.54) is 0 Å². The quantitative estimate of drug-likeness (QED) is 0.442. The van der Waals surface area contributed by atoms with Crippen molar-refractivity contribution in [2.45, 2.75) is 20.8 Å². The molecule has 1 rings (SSSR count). The van der Waals surface area contributed by atoms with Crippen molar-refractivity contribution in [1.82, 2.24) is 0 Å². The van der Waals surface area contributed by atoms with Gasteiger partial charge in [-0.3, -0.25) is 4.79 Å². The molecule has 0 amide bonds. The first-order chi connectivity index (χ1) is 5.46. The van der Waals surface area contributed by atoms with Crippen molar-refractivity contribution >= 4 is 5.97 Å². The summed E-state index contributed by atoms with van der Waals surface area (Å²) in [6, 6.07) is 0. The molecule has 0 unspecified atom stereocenters. The summed E-state index contributed by atoms with van der Waals surface area (Å²) in [5, 5.41) is 0. The summed E-state index contributed by atoms with van der Waals surface area (Å²) in [5.41, 5.74) is 0.116. The van der Waals surface area contributed by atoms with Gasteiger partial charge in [0.05, 0.1) is 12.5 Å². The van der Waals surface area contributed by atoms with E-state index in [2.05, 4.69) is 27.4 Å². The molecular weight excluding hydrogens is 152 g/mol. The second kappa shape index (κ2) is 2.92. The molecule has 12 heavy (non-hydrogen) atoms. The first kappa shape index (κ1) is 9.30. The number of carbonyl (C=O) groups is 1. The Morgan fingerprint density at radius 3 is 2.50 bits per heavy atom. The van der Waals surface area contributed by atoms with Gasteiger partial charge in [-0.05, 0) is 5.41 Å². The summed E-state index contributed by atoms with van der Waals surface area (Å²) in [6.07, 6.45) is 1.70. The van der Waals surface area contributed by atoms with Gasteiger partial charge in [-0.25, -0.2) is 0 Å². The molecule has 0 N–H and O–H groups in total. The predicted molar refractivity (Wildman–Crippen MR) is 47.6 cm³/mol. The molecule has 0 aromatic rings. The number of hydrogen-bond acceptors (Lipinski definition) is 2. The van der Waals surface area contributed by atoms with Crippen LogP contribution in [0.4, 0.5) is 0 Å². The summed E-state index contributed by atoms with van der Waals surface area (Å²) < 4.78 is 4.99. The van der Waals surface area contributed by atoms with Crippen molar-refractivity contribution in [3.05, 3.63) is 12.7 Å². The molecular formula is C10H16O2. The van der Waals surface area contributed by atoms with Crippen molar-refractivity contribution in [3.63, 3.8) is 0 Å². The molecule has 0 saturated carbocycles. The van der Waals surface area contributed by atoms with Crippen LogP contribution in [0.3, 0.4) is 0 Å². The minimum Gasteiger partial charge on any atom is -0.465 e. The molecule has 1 fully saturated rings. The van der Waals surface area contributed by atoms with E-state index in [4.69, 9.17) is 4.74 Å². The van der Waals surface area contributed by atoms with Gasteiger partial charge in [-0.2, -0.15) is 0 Å². The molecule has 0 spiro atoms. The molecule has 0 bridgehead atoms. The van der Waals surface area contributed by atoms with Crippen LogP contribution in [0.5, 0.6) is 0 Å². The van der Waals surface area contributed by atoms with Crippen LogP contribution in [-0.2, 0) is 9.53 Å². The molecule has 1 saturated heterocycles. The molecule has 1 aliphatic heterocycles. The highest BCUT2D eigenvalue weighted by Gasteiger charge is 2.41. The number of rotatable bonds is 1. The molecule has 0 aromatic carbocycles. The fraction of sp³-hybridized carbons (Fsp3) is 0.700. The van der Waals surface area contributed by atoms with Crippen LogP contribution >= 0.6 is 0 Å². The Bertz CT molecular complexity index is 200. The van der Waals surface area contributed by atoms with Gasteiger partial charge in [-0.15, -0.1) is 6.58 Å². The SMILES string of the molecule is C=C[C@H]1C(=O)OC[C@H]1C(C)(C)C. The highest BCUT2D eigenvalue weighted by Crippen LogP contribution is 2.37. The Kier molecular flexibility index (Phi) is 2.27. The third-order valence-electron chi connectivity index (χ3n) is 2.48. The van der Waals surface area contributed by atoms with Crippen LogP contribution in [0.15, 0.2) is 12.7 Å². The van der Waals surface area contributed by atoms with Gasteiger partial charge in [0.2, 0.25) is 0 Å². The van der Waals surface area contributed by atoms with Crippen molar-refractivity contribution in [2.24, 2.45) is 17.3 Å². The van der Waals surface area contributed by atoms with Gasteiger partial charge in [-0.1, -0.05) is 26.8 Å². The first-order valence-electron chi connectivity index (χ1n) is 4.26. The molecule has 0 aromatic heterocycles. The zero-order valence-corrected chi connectivity index (χ0v) is 7.96. The average molecular weight is 168 g/mol. The lowest BCUT2D eigenvalue weighted by Gasteiger charge is -2.27. The Balaban J connectivity index is 2.80. The zero-order chi connectivity index (χ0) is 9.35. The lowest BCUT2D eigenvalue weighted by Crippen LogP contribution is -2.27. The van der Waals surface area contributed by atoms with Crippen molar-refractivity contribution in [1.29, 1.82) is 0 Å². The van der Waals surface area contributed by atoms with Crippen LogP contribution in [0.2, 0.25) is 0 Å². The number of carbonyl (C=O) groups excluding carboxylic acids is 1. The zero-order valence-electron chi connectivity index (χ0n) is 7.96. The van der Waals surface area contributed by atoms with Crippen molar-refractivity contribution in [2.75, 3.05) is 6.61 Å². The van der Waals surface area contributed by atoms with Gasteiger partial charge in [0.25, 0.3) is 0 Å². The van der Waals surface area contributed by atoms with Gasteiger partial charge in [0, 0.05) is 5.92 Å². The first-order valence-corrected chi connectivity index (χ1v) is 4.26. The van der Waals surface area contributed by atoms with Gasteiger partial charge < -0.3 is 4.74 Å². The van der Waals surface area contributed by atoms with Crippen molar-refractivity contribution in [3.8, 4) is 0 Å². The monoisotopic (exact) mass is 168 g/mol. The molecule has 1 aliphatic rings. The van der Waals surface area contributed by atoms with E-state index in [1.54, 1.807) is 6.08 Å². The predicted octanol–water partition coefficient (Wildman–Crippen LogP) is 2.01. The number of cyclic esters (lactones) is 1. The Hall–Kier alpha value is -0.790. The maximum absolute atomic E-state index is 11.2. The molecule has 0 aliphatic carbocycles. The Morgan fingerprint density at radius 1 is 1.58 bits per heavy atom. The highest BCUT2D eigenvalue weighted by molar-refractivity contribution is 5.76. The Morgan fingerprint density at radius 2 is 2.17 bits per heavy atom. The lowest BCUT2D eigenvalue weighted by molar-refractivity contribution is -0.140. The average Bonchev–Trinajstić information content (AvgIpc) is 2.29. The third kappa shape index (κ3) is 1.52. The van der Waals surface area contributed by atoms with Gasteiger partial charge in [0.15, 0.2) is 0 Å². The summed E-state index contributed by atoms with van der Waals surface area (Å²) in [4.78, 5) is 11.2. The topological polar surface area (TPSA) is 26.3 Å². The van der Waals surface area contributed by atoms with Crippen LogP contribution in [0.25, 0.3) is 0 Å². The fourth-order valence-electron chi connectivity index (χ4n) is 1.59. The number of ether oxygens (including phenoxy) is 1. The molecule has 1 heterocycles. The highest BCUT2D eigenvalue weighted by atomic mass is 16.5. The molecule has 2 heteroatoms. The normalized spacial score (nSPS) is 30.1. The molecule has 2 atom stereocenters. The molecule has 2 nitrogen and oxygen atoms in total. The van der Waals surface area contributed by atoms with Crippen molar-refractivity contribution < 1.29 is 9.53 Å². The summed E-state index contributed by atoms with van der Waals surface area (Å²) >= 11 is 0. The number of esters is 1. The van der Waals surface area contributed by atoms with Crippen LogP contribution in [0, 0.1) is 17.3 Å². The second-order valence-corrected chi connectivity index (χ2v) is 4.36. The van der Waals surface area contributed by atoms with E-state index >= 15 is 0 Å². The lowest BCUT2D eigenvalue weighted by atomic mass is 9.75. The van der Waals surface area contributed by atoms with E-state index < -0.39 is 0 Å². The van der Waals surface area contributed by atoms with E-state index in [0.717, 1.165) is 0 Å². The largest absolute Gasteiger partial charge is 0.465 e. The van der Waals surface area contributed by atoms with Crippen LogP contribution in [0.1, 0.15) is 20.8 Å². The maximum Gasteiger partial charge on any atom is 0.313 e. The second-order valence-electron chi connectivity index (χ2n) is 4.36. The van der Waals surface area contributed by atoms with Gasteiger partial charge in [0.1, 0.15) is 0 Å². The van der Waals surface area contributed by atoms with E-state index in [0.29, 0.717) is 6.61 Å². The summed E-state index contributed by atoms with van der Waals surface area (Å²) in [5.74, 6) is 0.0532. The van der Waals surface area contributed by atoms with Gasteiger partial charge >= 0.3 is 5.97 Å². The maximum atomic E-state index is 11.2. The number of hydrogen-bond donors (Lipinski definition) is 0.